The first kappa shape index (κ1) is 14.8. The van der Waals surface area contributed by atoms with Gasteiger partial charge in [-0.15, -0.1) is 0 Å². The Bertz CT molecular complexity index is 443. The van der Waals surface area contributed by atoms with Crippen LogP contribution in [0, 0.1) is 6.92 Å². The molecule has 0 saturated carbocycles. The fourth-order valence-corrected chi connectivity index (χ4v) is 2.08. The monoisotopic (exact) mass is 279 g/mol. The maximum atomic E-state index is 11.7. The molecule has 2 rings (SSSR count). The van der Waals surface area contributed by atoms with Crippen molar-refractivity contribution in [2.75, 3.05) is 19.8 Å². The highest BCUT2D eigenvalue weighted by Crippen LogP contribution is 2.16. The third kappa shape index (κ3) is 4.21. The fourth-order valence-electron chi connectivity index (χ4n) is 2.08. The summed E-state index contributed by atoms with van der Waals surface area (Å²) < 4.78 is 10.8. The maximum Gasteiger partial charge on any atom is 0.249 e. The molecule has 1 amide bonds. The van der Waals surface area contributed by atoms with Crippen molar-refractivity contribution in [3.63, 3.8) is 0 Å². The van der Waals surface area contributed by atoms with E-state index in [2.05, 4.69) is 5.32 Å². The lowest BCUT2D eigenvalue weighted by Crippen LogP contribution is -2.40. The lowest BCUT2D eigenvalue weighted by Gasteiger charge is -2.16. The van der Waals surface area contributed by atoms with E-state index in [1.54, 1.807) is 0 Å². The molecular formula is C15H21NO4. The Morgan fingerprint density at radius 3 is 3.05 bits per heavy atom. The average molecular weight is 279 g/mol. The Morgan fingerprint density at radius 2 is 2.35 bits per heavy atom. The minimum Gasteiger partial charge on any atom is -0.491 e. The van der Waals surface area contributed by atoms with Crippen LogP contribution in [0.4, 0.5) is 0 Å². The number of aryl methyl sites for hydroxylation is 1. The number of benzene rings is 1. The van der Waals surface area contributed by atoms with E-state index in [4.69, 9.17) is 9.47 Å². The van der Waals surface area contributed by atoms with Gasteiger partial charge in [0.2, 0.25) is 5.91 Å². The number of aliphatic hydroxyl groups is 1. The zero-order chi connectivity index (χ0) is 14.4. The molecule has 1 fully saturated rings. The minimum atomic E-state index is -0.736. The van der Waals surface area contributed by atoms with Crippen molar-refractivity contribution in [3.8, 4) is 5.75 Å². The van der Waals surface area contributed by atoms with E-state index in [9.17, 15) is 9.90 Å². The molecule has 1 aromatic rings. The van der Waals surface area contributed by atoms with E-state index in [-0.39, 0.29) is 25.2 Å². The van der Waals surface area contributed by atoms with Crippen molar-refractivity contribution in [1.29, 1.82) is 0 Å². The number of hydrogen-bond donors (Lipinski definition) is 2. The van der Waals surface area contributed by atoms with Gasteiger partial charge in [-0.25, -0.2) is 0 Å². The molecule has 5 nitrogen and oxygen atoms in total. The van der Waals surface area contributed by atoms with Gasteiger partial charge in [-0.3, -0.25) is 4.79 Å². The van der Waals surface area contributed by atoms with Crippen LogP contribution in [0.3, 0.4) is 0 Å². The quantitative estimate of drug-likeness (QED) is 0.816. The number of carbonyl (C=O) groups is 1. The van der Waals surface area contributed by atoms with Gasteiger partial charge in [0.1, 0.15) is 24.6 Å². The predicted octanol–water partition coefficient (Wildman–Crippen LogP) is 1.03. The summed E-state index contributed by atoms with van der Waals surface area (Å²) in [4.78, 5) is 11.7. The van der Waals surface area contributed by atoms with E-state index in [0.29, 0.717) is 6.61 Å². The summed E-state index contributed by atoms with van der Waals surface area (Å²) in [6, 6.07) is 7.61. The number of rotatable bonds is 6. The van der Waals surface area contributed by atoms with Gasteiger partial charge in [0.25, 0.3) is 0 Å². The first-order valence-electron chi connectivity index (χ1n) is 6.92. The third-order valence-electron chi connectivity index (χ3n) is 3.26. The third-order valence-corrected chi connectivity index (χ3v) is 3.26. The number of carbonyl (C=O) groups excluding carboxylic acids is 1. The van der Waals surface area contributed by atoms with Crippen LogP contribution in [-0.4, -0.2) is 43.0 Å². The highest BCUT2D eigenvalue weighted by molar-refractivity contribution is 5.80. The highest BCUT2D eigenvalue weighted by atomic mass is 16.5. The first-order chi connectivity index (χ1) is 9.66. The van der Waals surface area contributed by atoms with Crippen LogP contribution in [-0.2, 0) is 9.53 Å². The number of nitrogens with one attached hydrogen (secondary N) is 1. The Morgan fingerprint density at radius 1 is 1.55 bits per heavy atom. The van der Waals surface area contributed by atoms with E-state index in [1.165, 1.54) is 0 Å². The standard InChI is InChI=1S/C15H21NO4/c1-11-5-2-3-6-13(11)20-10-12(17)9-16-15(18)14-7-4-8-19-14/h2-3,5-6,12,14,17H,4,7-10H2,1H3,(H,16,18). The summed E-state index contributed by atoms with van der Waals surface area (Å²) in [5.41, 5.74) is 1.02. The molecule has 1 aromatic carbocycles. The zero-order valence-electron chi connectivity index (χ0n) is 11.7. The number of hydrogen-bond acceptors (Lipinski definition) is 4. The molecule has 1 aliphatic rings. The largest absolute Gasteiger partial charge is 0.491 e. The van der Waals surface area contributed by atoms with E-state index in [1.807, 2.05) is 31.2 Å². The molecule has 0 aliphatic carbocycles. The van der Waals surface area contributed by atoms with E-state index in [0.717, 1.165) is 24.2 Å². The fraction of sp³-hybridized carbons (Fsp3) is 0.533. The van der Waals surface area contributed by atoms with E-state index < -0.39 is 6.10 Å². The Hall–Kier alpha value is -1.59. The van der Waals surface area contributed by atoms with Gasteiger partial charge >= 0.3 is 0 Å². The van der Waals surface area contributed by atoms with Crippen molar-refractivity contribution in [1.82, 2.24) is 5.32 Å². The molecule has 2 unspecified atom stereocenters. The molecule has 1 heterocycles. The van der Waals surface area contributed by atoms with Crippen molar-refractivity contribution >= 4 is 5.91 Å². The van der Waals surface area contributed by atoms with Crippen LogP contribution in [0.5, 0.6) is 5.75 Å². The lowest BCUT2D eigenvalue weighted by molar-refractivity contribution is -0.130. The molecule has 1 saturated heterocycles. The smallest absolute Gasteiger partial charge is 0.249 e. The second-order valence-electron chi connectivity index (χ2n) is 4.98. The minimum absolute atomic E-state index is 0.149. The van der Waals surface area contributed by atoms with Gasteiger partial charge in [-0.2, -0.15) is 0 Å². The summed E-state index contributed by atoms with van der Waals surface area (Å²) in [5, 5.41) is 12.5. The number of para-hydroxylation sites is 1. The summed E-state index contributed by atoms with van der Waals surface area (Å²) in [6.45, 7) is 2.90. The highest BCUT2D eigenvalue weighted by Gasteiger charge is 2.23. The number of ether oxygens (including phenoxy) is 2. The van der Waals surface area contributed by atoms with Crippen molar-refractivity contribution in [3.05, 3.63) is 29.8 Å². The van der Waals surface area contributed by atoms with Crippen LogP contribution in [0.25, 0.3) is 0 Å². The van der Waals surface area contributed by atoms with Gasteiger partial charge < -0.3 is 19.9 Å². The van der Waals surface area contributed by atoms with Crippen molar-refractivity contribution in [2.45, 2.75) is 32.0 Å². The molecule has 0 aromatic heterocycles. The second kappa shape index (κ2) is 7.26. The van der Waals surface area contributed by atoms with Gasteiger partial charge in [0.15, 0.2) is 0 Å². The van der Waals surface area contributed by atoms with Gasteiger partial charge in [-0.1, -0.05) is 18.2 Å². The molecular weight excluding hydrogens is 258 g/mol. The van der Waals surface area contributed by atoms with Crippen LogP contribution in [0.2, 0.25) is 0 Å². The molecule has 0 spiro atoms. The summed E-state index contributed by atoms with van der Waals surface area (Å²) in [7, 11) is 0. The van der Waals surface area contributed by atoms with Crippen LogP contribution in [0.15, 0.2) is 24.3 Å². The van der Waals surface area contributed by atoms with Crippen LogP contribution >= 0.6 is 0 Å². The second-order valence-corrected chi connectivity index (χ2v) is 4.98. The van der Waals surface area contributed by atoms with Gasteiger partial charge in [0.05, 0.1) is 0 Å². The molecule has 1 aliphatic heterocycles. The molecule has 0 bridgehead atoms. The van der Waals surface area contributed by atoms with Crippen molar-refractivity contribution < 1.29 is 19.4 Å². The SMILES string of the molecule is Cc1ccccc1OCC(O)CNC(=O)C1CCCO1. The van der Waals surface area contributed by atoms with Gasteiger partial charge in [-0.05, 0) is 31.4 Å². The predicted molar refractivity (Wildman–Crippen MR) is 74.7 cm³/mol. The van der Waals surface area contributed by atoms with Crippen LogP contribution < -0.4 is 10.1 Å². The maximum absolute atomic E-state index is 11.7. The summed E-state index contributed by atoms with van der Waals surface area (Å²) in [6.07, 6.45) is 0.568. The zero-order valence-corrected chi connectivity index (χ0v) is 11.7. The van der Waals surface area contributed by atoms with E-state index >= 15 is 0 Å². The Kier molecular flexibility index (Phi) is 5.38. The topological polar surface area (TPSA) is 67.8 Å². The van der Waals surface area contributed by atoms with Crippen molar-refractivity contribution in [2.24, 2.45) is 0 Å². The Balaban J connectivity index is 1.69. The molecule has 2 N–H and O–H groups in total. The molecule has 110 valence electrons. The first-order valence-corrected chi connectivity index (χ1v) is 6.92. The Labute approximate surface area is 118 Å². The normalized spacial score (nSPS) is 19.6. The molecule has 20 heavy (non-hydrogen) atoms. The summed E-state index contributed by atoms with van der Waals surface area (Å²) in [5.74, 6) is 0.592. The lowest BCUT2D eigenvalue weighted by atomic mass is 10.2. The molecule has 5 heteroatoms. The number of aliphatic hydroxyl groups excluding tert-OH is 1. The van der Waals surface area contributed by atoms with Gasteiger partial charge in [0, 0.05) is 13.2 Å². The molecule has 2 atom stereocenters. The molecule has 0 radical (unpaired) electrons. The number of amides is 1. The average Bonchev–Trinajstić information content (AvgIpc) is 2.98. The van der Waals surface area contributed by atoms with Crippen LogP contribution in [0.1, 0.15) is 18.4 Å². The summed E-state index contributed by atoms with van der Waals surface area (Å²) >= 11 is 0.